The van der Waals surface area contributed by atoms with Gasteiger partial charge in [0.25, 0.3) is 0 Å². The zero-order chi connectivity index (χ0) is 12.3. The molecule has 0 amide bonds. The molecule has 4 heteroatoms. The molecule has 1 atom stereocenters. The Balaban J connectivity index is 1.73. The van der Waals surface area contributed by atoms with Gasteiger partial charge in [0.15, 0.2) is 0 Å². The predicted molar refractivity (Wildman–Crippen MR) is 76.2 cm³/mol. The Morgan fingerprint density at radius 1 is 1.29 bits per heavy atom. The molecule has 0 bridgehead atoms. The van der Waals surface area contributed by atoms with Crippen LogP contribution in [0.1, 0.15) is 32.6 Å². The Bertz CT molecular complexity index is 257. The second-order valence-corrected chi connectivity index (χ2v) is 6.04. The molecule has 3 nitrogen and oxygen atoms in total. The van der Waals surface area contributed by atoms with Crippen LogP contribution in [0.15, 0.2) is 0 Å². The zero-order valence-corrected chi connectivity index (χ0v) is 11.7. The number of hydrogen-bond acceptors (Lipinski definition) is 3. The number of thiocarbonyl (C=S) groups is 1. The van der Waals surface area contributed by atoms with E-state index in [2.05, 4.69) is 16.7 Å². The summed E-state index contributed by atoms with van der Waals surface area (Å²) in [6.45, 7) is 8.40. The third kappa shape index (κ3) is 4.19. The van der Waals surface area contributed by atoms with Gasteiger partial charge in [-0.3, -0.25) is 4.90 Å². The van der Waals surface area contributed by atoms with Crippen LogP contribution in [-0.2, 0) is 0 Å². The average Bonchev–Trinajstić information content (AvgIpc) is 3.11. The van der Waals surface area contributed by atoms with Crippen molar-refractivity contribution in [1.82, 2.24) is 9.80 Å². The van der Waals surface area contributed by atoms with Crippen molar-refractivity contribution in [3.05, 3.63) is 0 Å². The highest BCUT2D eigenvalue weighted by Gasteiger charge is 2.28. The lowest BCUT2D eigenvalue weighted by molar-refractivity contribution is 0.0937. The topological polar surface area (TPSA) is 32.5 Å². The first-order chi connectivity index (χ1) is 8.19. The predicted octanol–water partition coefficient (Wildman–Crippen LogP) is 1.47. The lowest BCUT2D eigenvalue weighted by Gasteiger charge is -2.39. The van der Waals surface area contributed by atoms with Crippen LogP contribution in [0.5, 0.6) is 0 Å². The molecule has 1 heterocycles. The molecule has 0 aromatic heterocycles. The molecule has 1 saturated heterocycles. The lowest BCUT2D eigenvalue weighted by atomic mass is 10.1. The summed E-state index contributed by atoms with van der Waals surface area (Å²) in [4.78, 5) is 5.86. The van der Waals surface area contributed by atoms with Gasteiger partial charge in [0.2, 0.25) is 0 Å². The van der Waals surface area contributed by atoms with E-state index in [1.54, 1.807) is 0 Å². The third-order valence-corrected chi connectivity index (χ3v) is 4.21. The third-order valence-electron chi connectivity index (χ3n) is 4.04. The minimum absolute atomic E-state index is 0.565. The first kappa shape index (κ1) is 13.2. The minimum Gasteiger partial charge on any atom is -0.393 e. The SMILES string of the molecule is CCC(CC(N)=S)N1CCN(CC2CC2)CC1. The van der Waals surface area contributed by atoms with E-state index in [1.165, 1.54) is 45.6 Å². The van der Waals surface area contributed by atoms with Crippen LogP contribution in [0, 0.1) is 5.92 Å². The average molecular weight is 255 g/mol. The monoisotopic (exact) mass is 255 g/mol. The van der Waals surface area contributed by atoms with Gasteiger partial charge in [-0.25, -0.2) is 0 Å². The number of nitrogens with two attached hydrogens (primary N) is 1. The fraction of sp³-hybridized carbons (Fsp3) is 0.923. The van der Waals surface area contributed by atoms with Gasteiger partial charge in [-0.05, 0) is 25.2 Å². The first-order valence-corrected chi connectivity index (χ1v) is 7.34. The van der Waals surface area contributed by atoms with Crippen LogP contribution in [0.25, 0.3) is 0 Å². The van der Waals surface area contributed by atoms with Gasteiger partial charge in [-0.15, -0.1) is 0 Å². The van der Waals surface area contributed by atoms with E-state index in [4.69, 9.17) is 18.0 Å². The summed E-state index contributed by atoms with van der Waals surface area (Å²) in [5.41, 5.74) is 5.67. The van der Waals surface area contributed by atoms with Crippen molar-refractivity contribution in [2.75, 3.05) is 32.7 Å². The van der Waals surface area contributed by atoms with Gasteiger partial charge < -0.3 is 10.6 Å². The van der Waals surface area contributed by atoms with Crippen molar-refractivity contribution in [3.8, 4) is 0 Å². The van der Waals surface area contributed by atoms with Gasteiger partial charge in [-0.2, -0.15) is 0 Å². The molecule has 1 aliphatic heterocycles. The fourth-order valence-electron chi connectivity index (χ4n) is 2.74. The van der Waals surface area contributed by atoms with Gasteiger partial charge in [0, 0.05) is 45.2 Å². The summed E-state index contributed by atoms with van der Waals surface area (Å²) in [6.07, 6.45) is 4.95. The van der Waals surface area contributed by atoms with Crippen molar-refractivity contribution in [2.45, 2.75) is 38.6 Å². The highest BCUT2D eigenvalue weighted by molar-refractivity contribution is 7.80. The maximum atomic E-state index is 5.67. The number of nitrogens with zero attached hydrogens (tertiary/aromatic N) is 2. The van der Waals surface area contributed by atoms with Crippen molar-refractivity contribution >= 4 is 17.2 Å². The van der Waals surface area contributed by atoms with E-state index in [9.17, 15) is 0 Å². The highest BCUT2D eigenvalue weighted by atomic mass is 32.1. The molecule has 1 unspecified atom stereocenters. The Hall–Kier alpha value is -0.190. The van der Waals surface area contributed by atoms with Gasteiger partial charge >= 0.3 is 0 Å². The molecular weight excluding hydrogens is 230 g/mol. The van der Waals surface area contributed by atoms with Gasteiger partial charge in [0.05, 0.1) is 4.99 Å². The van der Waals surface area contributed by atoms with Crippen LogP contribution < -0.4 is 5.73 Å². The van der Waals surface area contributed by atoms with Crippen LogP contribution in [0.2, 0.25) is 0 Å². The van der Waals surface area contributed by atoms with Crippen molar-refractivity contribution in [1.29, 1.82) is 0 Å². The molecule has 17 heavy (non-hydrogen) atoms. The molecule has 2 N–H and O–H groups in total. The molecule has 0 spiro atoms. The Labute approximate surface area is 110 Å². The summed E-state index contributed by atoms with van der Waals surface area (Å²) < 4.78 is 0. The maximum absolute atomic E-state index is 5.67. The molecule has 0 aromatic rings. The molecule has 0 aromatic carbocycles. The number of rotatable bonds is 6. The number of hydrogen-bond donors (Lipinski definition) is 1. The molecule has 2 rings (SSSR count). The lowest BCUT2D eigenvalue weighted by Crippen LogP contribution is -2.51. The molecule has 0 radical (unpaired) electrons. The van der Waals surface area contributed by atoms with Crippen LogP contribution in [-0.4, -0.2) is 53.6 Å². The van der Waals surface area contributed by atoms with E-state index >= 15 is 0 Å². The van der Waals surface area contributed by atoms with Crippen molar-refractivity contribution < 1.29 is 0 Å². The van der Waals surface area contributed by atoms with Crippen molar-refractivity contribution in [2.24, 2.45) is 11.7 Å². The standard InChI is InChI=1S/C13H25N3S/c1-2-12(9-13(14)17)16-7-5-15(6-8-16)10-11-3-4-11/h11-12H,2-10H2,1H3,(H2,14,17). The van der Waals surface area contributed by atoms with Crippen LogP contribution >= 0.6 is 12.2 Å². The summed E-state index contributed by atoms with van der Waals surface area (Å²) in [6, 6.07) is 0.565. The quantitative estimate of drug-likeness (QED) is 0.729. The van der Waals surface area contributed by atoms with Gasteiger partial charge in [0.1, 0.15) is 0 Å². The normalized spacial score (nSPS) is 24.8. The van der Waals surface area contributed by atoms with Crippen molar-refractivity contribution in [3.63, 3.8) is 0 Å². The second kappa shape index (κ2) is 6.12. The molecule has 2 aliphatic rings. The zero-order valence-electron chi connectivity index (χ0n) is 10.9. The largest absolute Gasteiger partial charge is 0.393 e. The minimum atomic E-state index is 0.565. The molecule has 2 fully saturated rings. The van der Waals surface area contributed by atoms with E-state index in [-0.39, 0.29) is 0 Å². The molecule has 1 saturated carbocycles. The van der Waals surface area contributed by atoms with Gasteiger partial charge in [-0.1, -0.05) is 19.1 Å². The Morgan fingerprint density at radius 2 is 1.94 bits per heavy atom. The number of piperazine rings is 1. The van der Waals surface area contributed by atoms with E-state index < -0.39 is 0 Å². The smallest absolute Gasteiger partial charge is 0.0743 e. The van der Waals surface area contributed by atoms with Crippen LogP contribution in [0.3, 0.4) is 0 Å². The highest BCUT2D eigenvalue weighted by Crippen LogP contribution is 2.30. The Kier molecular flexibility index (Phi) is 4.77. The summed E-state index contributed by atoms with van der Waals surface area (Å²) >= 11 is 5.04. The fourth-order valence-corrected chi connectivity index (χ4v) is 2.93. The summed E-state index contributed by atoms with van der Waals surface area (Å²) in [5, 5.41) is 0. The molecule has 98 valence electrons. The maximum Gasteiger partial charge on any atom is 0.0743 e. The van der Waals surface area contributed by atoms with Crippen LogP contribution in [0.4, 0.5) is 0 Å². The summed E-state index contributed by atoms with van der Waals surface area (Å²) in [7, 11) is 0. The second-order valence-electron chi connectivity index (χ2n) is 5.51. The summed E-state index contributed by atoms with van der Waals surface area (Å²) in [5.74, 6) is 1.01. The molecular formula is C13H25N3S. The first-order valence-electron chi connectivity index (χ1n) is 6.93. The molecule has 1 aliphatic carbocycles. The van der Waals surface area contributed by atoms with E-state index in [0.29, 0.717) is 11.0 Å². The van der Waals surface area contributed by atoms with E-state index in [0.717, 1.165) is 18.8 Å². The Morgan fingerprint density at radius 3 is 2.41 bits per heavy atom. The van der Waals surface area contributed by atoms with E-state index in [1.807, 2.05) is 0 Å².